The van der Waals surface area contributed by atoms with Gasteiger partial charge >= 0.3 is 0 Å². The van der Waals surface area contributed by atoms with Gasteiger partial charge in [0.15, 0.2) is 0 Å². The highest BCUT2D eigenvalue weighted by Gasteiger charge is 2.22. The number of hydrogen-bond acceptors (Lipinski definition) is 1. The van der Waals surface area contributed by atoms with E-state index in [1.54, 1.807) is 11.1 Å². The molecule has 1 aromatic rings. The lowest BCUT2D eigenvalue weighted by atomic mass is 9.81. The second kappa shape index (κ2) is 42.3. The maximum Gasteiger partial charge on any atom is 0.0110 e. The Morgan fingerprint density at radius 2 is 0.333 bits per heavy atom. The average molecular weight is 812 g/mol. The third-order valence-corrected chi connectivity index (χ3v) is 14.0. The van der Waals surface area contributed by atoms with Crippen molar-refractivity contribution in [2.45, 2.75) is 328 Å². The first-order valence-electron chi connectivity index (χ1n) is 27.0. The second-order valence-electron chi connectivity index (χ2n) is 18.9. The average Bonchev–Trinajstić information content (AvgIpc) is 3.22. The van der Waals surface area contributed by atoms with Gasteiger partial charge in [-0.2, -0.15) is 0 Å². The third kappa shape index (κ3) is 29.5. The van der Waals surface area contributed by atoms with Gasteiger partial charge in [-0.3, -0.25) is 0 Å². The predicted octanol–water partition coefficient (Wildman–Crippen LogP) is 20.4. The monoisotopic (exact) mass is 811 g/mol. The maximum absolute atomic E-state index is 5.65. The molecule has 0 spiro atoms. The van der Waals surface area contributed by atoms with Crippen LogP contribution in [0.25, 0.3) is 0 Å². The Balaban J connectivity index is 3.38. The van der Waals surface area contributed by atoms with Crippen molar-refractivity contribution in [3.05, 3.63) is 27.8 Å². The van der Waals surface area contributed by atoms with Gasteiger partial charge in [-0.05, 0) is 92.0 Å². The molecule has 0 atom stereocenters. The van der Waals surface area contributed by atoms with Crippen LogP contribution in [0.15, 0.2) is 4.90 Å². The Hall–Kier alpha value is -0.430. The van der Waals surface area contributed by atoms with Gasteiger partial charge in [0, 0.05) is 4.90 Å². The van der Waals surface area contributed by atoms with Crippen LogP contribution in [0.1, 0.15) is 319 Å². The standard InChI is InChI=1S/C56H106S/c1-6-11-16-21-26-31-36-41-46-51-52(47-42-37-32-27-22-17-12-7-2)54(49-44-39-34-29-24-19-14-9-4)56(57)55(50-45-40-35-30-25-20-15-10-5)53(51)48-43-38-33-28-23-18-13-8-3/h57H,6-50H2,1-5H3. The number of hydrogen-bond donors (Lipinski definition) is 1. The van der Waals surface area contributed by atoms with Gasteiger partial charge in [0.2, 0.25) is 0 Å². The molecule has 0 amide bonds. The molecular formula is C56H106S. The Kier molecular flexibility index (Phi) is 40.5. The fourth-order valence-electron chi connectivity index (χ4n) is 9.64. The van der Waals surface area contributed by atoms with Gasteiger partial charge in [0.05, 0.1) is 0 Å². The van der Waals surface area contributed by atoms with E-state index in [4.69, 9.17) is 12.6 Å². The summed E-state index contributed by atoms with van der Waals surface area (Å²) in [5, 5.41) is 0. The summed E-state index contributed by atoms with van der Waals surface area (Å²) in [4.78, 5) is 1.46. The molecule has 0 N–H and O–H groups in total. The lowest BCUT2D eigenvalue weighted by Gasteiger charge is -2.26. The Labute approximate surface area is 367 Å². The van der Waals surface area contributed by atoms with E-state index in [1.807, 2.05) is 16.7 Å². The molecule has 0 aliphatic heterocycles. The summed E-state index contributed by atoms with van der Waals surface area (Å²) < 4.78 is 0. The largest absolute Gasteiger partial charge is 0.143 e. The van der Waals surface area contributed by atoms with Crippen LogP contribution >= 0.6 is 12.6 Å². The predicted molar refractivity (Wildman–Crippen MR) is 265 cm³/mol. The molecular weight excluding hydrogens is 705 g/mol. The van der Waals surface area contributed by atoms with Crippen molar-refractivity contribution in [2.75, 3.05) is 0 Å². The minimum atomic E-state index is 1.27. The van der Waals surface area contributed by atoms with Crippen molar-refractivity contribution in [1.82, 2.24) is 0 Å². The SMILES string of the molecule is CCCCCCCCCCc1c(S)c(CCCCCCCCCC)c(CCCCCCCCCC)c(CCCCCCCCCC)c1CCCCCCCCCC. The lowest BCUT2D eigenvalue weighted by molar-refractivity contribution is 0.559. The maximum atomic E-state index is 5.65. The molecule has 0 fully saturated rings. The van der Waals surface area contributed by atoms with E-state index in [0.717, 1.165) is 0 Å². The zero-order chi connectivity index (χ0) is 41.3. The molecule has 0 saturated carbocycles. The van der Waals surface area contributed by atoms with E-state index in [9.17, 15) is 0 Å². The summed E-state index contributed by atoms with van der Waals surface area (Å²) in [5.74, 6) is 0. The summed E-state index contributed by atoms with van der Waals surface area (Å²) in [6.45, 7) is 11.7. The van der Waals surface area contributed by atoms with Gasteiger partial charge in [0.25, 0.3) is 0 Å². The van der Waals surface area contributed by atoms with Gasteiger partial charge in [-0.25, -0.2) is 0 Å². The molecule has 0 aliphatic carbocycles. The van der Waals surface area contributed by atoms with Crippen LogP contribution in [-0.2, 0) is 32.1 Å². The molecule has 0 unspecified atom stereocenters. The number of unbranched alkanes of at least 4 members (excludes halogenated alkanes) is 35. The molecule has 0 aliphatic rings. The highest BCUT2D eigenvalue weighted by Crippen LogP contribution is 2.37. The highest BCUT2D eigenvalue weighted by atomic mass is 32.1. The zero-order valence-corrected chi connectivity index (χ0v) is 41.2. The smallest absolute Gasteiger partial charge is 0.0110 e. The lowest BCUT2D eigenvalue weighted by Crippen LogP contribution is -2.12. The molecule has 1 rings (SSSR count). The zero-order valence-electron chi connectivity index (χ0n) is 40.3. The third-order valence-electron chi connectivity index (χ3n) is 13.4. The summed E-state index contributed by atoms with van der Waals surface area (Å²) in [6, 6.07) is 0. The number of thiol groups is 1. The second-order valence-corrected chi connectivity index (χ2v) is 19.3. The molecule has 57 heavy (non-hydrogen) atoms. The Bertz CT molecular complexity index is 911. The molecule has 1 aromatic carbocycles. The summed E-state index contributed by atoms with van der Waals surface area (Å²) in [6.07, 6.45) is 63.0. The molecule has 0 bridgehead atoms. The van der Waals surface area contributed by atoms with E-state index in [-0.39, 0.29) is 0 Å². The van der Waals surface area contributed by atoms with Crippen molar-refractivity contribution < 1.29 is 0 Å². The summed E-state index contributed by atoms with van der Waals surface area (Å²) in [7, 11) is 0. The first-order valence-corrected chi connectivity index (χ1v) is 27.5. The first kappa shape index (κ1) is 54.6. The van der Waals surface area contributed by atoms with E-state index >= 15 is 0 Å². The van der Waals surface area contributed by atoms with Crippen molar-refractivity contribution >= 4 is 12.6 Å². The van der Waals surface area contributed by atoms with Crippen LogP contribution < -0.4 is 0 Å². The van der Waals surface area contributed by atoms with Crippen molar-refractivity contribution in [3.63, 3.8) is 0 Å². The van der Waals surface area contributed by atoms with Gasteiger partial charge in [0.1, 0.15) is 0 Å². The van der Waals surface area contributed by atoms with E-state index < -0.39 is 0 Å². The van der Waals surface area contributed by atoms with Gasteiger partial charge in [-0.1, -0.05) is 259 Å². The molecule has 0 nitrogen and oxygen atoms in total. The molecule has 0 saturated heterocycles. The van der Waals surface area contributed by atoms with Crippen molar-refractivity contribution in [3.8, 4) is 0 Å². The molecule has 0 aromatic heterocycles. The molecule has 336 valence electrons. The fourth-order valence-corrected chi connectivity index (χ4v) is 10.1. The minimum Gasteiger partial charge on any atom is -0.143 e. The van der Waals surface area contributed by atoms with E-state index in [2.05, 4.69) is 34.6 Å². The fraction of sp³-hybridized carbons (Fsp3) is 0.893. The Morgan fingerprint density at radius 1 is 0.193 bits per heavy atom. The van der Waals surface area contributed by atoms with Crippen LogP contribution in [0.2, 0.25) is 0 Å². The van der Waals surface area contributed by atoms with Gasteiger partial charge in [-0.15, -0.1) is 12.6 Å². The summed E-state index contributed by atoms with van der Waals surface area (Å²) in [5.41, 5.74) is 8.91. The van der Waals surface area contributed by atoms with E-state index in [0.29, 0.717) is 0 Å². The number of benzene rings is 1. The topological polar surface area (TPSA) is 0 Å². The number of rotatable bonds is 45. The summed E-state index contributed by atoms with van der Waals surface area (Å²) >= 11 is 5.65. The molecule has 0 heterocycles. The van der Waals surface area contributed by atoms with Crippen molar-refractivity contribution in [1.29, 1.82) is 0 Å². The van der Waals surface area contributed by atoms with Crippen LogP contribution in [0.5, 0.6) is 0 Å². The molecule has 0 radical (unpaired) electrons. The van der Waals surface area contributed by atoms with Crippen LogP contribution in [0.3, 0.4) is 0 Å². The van der Waals surface area contributed by atoms with E-state index in [1.165, 1.54) is 294 Å². The quantitative estimate of drug-likeness (QED) is 0.0492. The van der Waals surface area contributed by atoms with Gasteiger partial charge < -0.3 is 0 Å². The first-order chi connectivity index (χ1) is 28.2. The van der Waals surface area contributed by atoms with Crippen molar-refractivity contribution in [2.24, 2.45) is 0 Å². The van der Waals surface area contributed by atoms with Crippen LogP contribution in [-0.4, -0.2) is 0 Å². The van der Waals surface area contributed by atoms with Crippen LogP contribution in [0.4, 0.5) is 0 Å². The normalized spacial score (nSPS) is 11.7. The molecule has 1 heteroatoms. The Morgan fingerprint density at radius 3 is 0.526 bits per heavy atom. The highest BCUT2D eigenvalue weighted by molar-refractivity contribution is 7.80. The minimum absolute atomic E-state index is 1.27. The van der Waals surface area contributed by atoms with Crippen LogP contribution in [0, 0.1) is 0 Å².